The summed E-state index contributed by atoms with van der Waals surface area (Å²) < 4.78 is 11.3. The highest BCUT2D eigenvalue weighted by Crippen LogP contribution is 2.39. The molecule has 2 aliphatic rings. The van der Waals surface area contributed by atoms with Crippen molar-refractivity contribution in [3.63, 3.8) is 0 Å². The summed E-state index contributed by atoms with van der Waals surface area (Å²) in [6, 6.07) is 0. The van der Waals surface area contributed by atoms with E-state index in [-0.39, 0.29) is 5.54 Å². The van der Waals surface area contributed by atoms with Gasteiger partial charge in [0.05, 0.1) is 24.9 Å². The van der Waals surface area contributed by atoms with Crippen LogP contribution < -0.4 is 5.32 Å². The fraction of sp³-hybridized carbons (Fsp3) is 0.812. The molecule has 2 heterocycles. The average Bonchev–Trinajstić information content (AvgIpc) is 3.19. The van der Waals surface area contributed by atoms with E-state index in [2.05, 4.69) is 17.6 Å². The first-order valence-electron chi connectivity index (χ1n) is 8.15. The molecule has 1 aliphatic heterocycles. The summed E-state index contributed by atoms with van der Waals surface area (Å²) in [5.41, 5.74) is 1.24. The highest BCUT2D eigenvalue weighted by atomic mass is 32.1. The van der Waals surface area contributed by atoms with Gasteiger partial charge in [0.2, 0.25) is 0 Å². The molecule has 0 spiro atoms. The standard InChI is InChI=1S/C16H26N2O2S/c1-13-12-21-15(18-13)16(6-2-3-7-16)17-8-10-19-11-14-5-4-9-20-14/h12,14,17H,2-11H2,1H3/t14-/m0/s1. The van der Waals surface area contributed by atoms with Crippen LogP contribution in [-0.2, 0) is 15.0 Å². The zero-order chi connectivity index (χ0) is 14.5. The van der Waals surface area contributed by atoms with Gasteiger partial charge in [-0.15, -0.1) is 11.3 Å². The molecule has 0 bridgehead atoms. The van der Waals surface area contributed by atoms with Crippen molar-refractivity contribution in [2.45, 2.75) is 57.1 Å². The van der Waals surface area contributed by atoms with E-state index in [0.29, 0.717) is 6.10 Å². The fourth-order valence-corrected chi connectivity index (χ4v) is 4.41. The Labute approximate surface area is 131 Å². The van der Waals surface area contributed by atoms with E-state index in [1.807, 2.05) is 0 Å². The van der Waals surface area contributed by atoms with Gasteiger partial charge in [0.1, 0.15) is 5.01 Å². The molecule has 1 aromatic heterocycles. The lowest BCUT2D eigenvalue weighted by atomic mass is 9.98. The summed E-state index contributed by atoms with van der Waals surface area (Å²) in [5, 5.41) is 7.15. The molecule has 0 unspecified atom stereocenters. The third-order valence-corrected chi connectivity index (χ3v) is 5.69. The van der Waals surface area contributed by atoms with Crippen LogP contribution in [0, 0.1) is 6.92 Å². The van der Waals surface area contributed by atoms with Crippen LogP contribution in [0.2, 0.25) is 0 Å². The summed E-state index contributed by atoms with van der Waals surface area (Å²) >= 11 is 1.80. The average molecular weight is 310 g/mol. The Morgan fingerprint density at radius 1 is 1.43 bits per heavy atom. The van der Waals surface area contributed by atoms with E-state index < -0.39 is 0 Å². The molecule has 2 fully saturated rings. The van der Waals surface area contributed by atoms with Gasteiger partial charge in [-0.05, 0) is 32.6 Å². The van der Waals surface area contributed by atoms with Gasteiger partial charge >= 0.3 is 0 Å². The molecule has 118 valence electrons. The molecule has 5 heteroatoms. The molecule has 4 nitrogen and oxygen atoms in total. The first-order valence-corrected chi connectivity index (χ1v) is 9.03. The van der Waals surface area contributed by atoms with Gasteiger partial charge in [-0.2, -0.15) is 0 Å². The predicted octanol–water partition coefficient (Wildman–Crippen LogP) is 3.01. The van der Waals surface area contributed by atoms with Crippen LogP contribution in [-0.4, -0.2) is 37.5 Å². The minimum absolute atomic E-state index is 0.103. The van der Waals surface area contributed by atoms with Crippen molar-refractivity contribution in [1.82, 2.24) is 10.3 Å². The molecule has 0 aromatic carbocycles. The number of hydrogen-bond acceptors (Lipinski definition) is 5. The van der Waals surface area contributed by atoms with Crippen molar-refractivity contribution >= 4 is 11.3 Å². The number of hydrogen-bond donors (Lipinski definition) is 1. The molecular weight excluding hydrogens is 284 g/mol. The third-order valence-electron chi connectivity index (χ3n) is 4.52. The van der Waals surface area contributed by atoms with Gasteiger partial charge in [-0.25, -0.2) is 4.98 Å². The topological polar surface area (TPSA) is 43.4 Å². The Bertz CT molecular complexity index is 437. The predicted molar refractivity (Wildman–Crippen MR) is 84.8 cm³/mol. The van der Waals surface area contributed by atoms with E-state index in [1.54, 1.807) is 11.3 Å². The zero-order valence-corrected chi connectivity index (χ0v) is 13.7. The number of rotatable bonds is 7. The molecule has 1 atom stereocenters. The smallest absolute Gasteiger partial charge is 0.113 e. The van der Waals surface area contributed by atoms with E-state index in [9.17, 15) is 0 Å². The highest BCUT2D eigenvalue weighted by molar-refractivity contribution is 7.09. The Kier molecular flexibility index (Phi) is 5.27. The summed E-state index contributed by atoms with van der Waals surface area (Å²) in [7, 11) is 0. The molecule has 21 heavy (non-hydrogen) atoms. The molecule has 3 rings (SSSR count). The zero-order valence-electron chi connectivity index (χ0n) is 12.9. The largest absolute Gasteiger partial charge is 0.377 e. The number of aryl methyl sites for hydroxylation is 1. The number of nitrogens with zero attached hydrogens (tertiary/aromatic N) is 1. The summed E-state index contributed by atoms with van der Waals surface area (Å²) in [6.07, 6.45) is 7.64. The van der Waals surface area contributed by atoms with Crippen LogP contribution in [0.4, 0.5) is 0 Å². The number of thiazole rings is 1. The van der Waals surface area contributed by atoms with Gasteiger partial charge in [-0.1, -0.05) is 12.8 Å². The fourth-order valence-electron chi connectivity index (χ4n) is 3.37. The van der Waals surface area contributed by atoms with E-state index >= 15 is 0 Å². The first-order chi connectivity index (χ1) is 10.3. The van der Waals surface area contributed by atoms with E-state index in [4.69, 9.17) is 14.5 Å². The number of aromatic nitrogens is 1. The summed E-state index contributed by atoms with van der Waals surface area (Å²) in [5.74, 6) is 0. The highest BCUT2D eigenvalue weighted by Gasteiger charge is 2.37. The Morgan fingerprint density at radius 3 is 2.95 bits per heavy atom. The number of nitrogens with one attached hydrogen (secondary N) is 1. The lowest BCUT2D eigenvalue weighted by Gasteiger charge is -2.28. The van der Waals surface area contributed by atoms with Crippen molar-refractivity contribution < 1.29 is 9.47 Å². The van der Waals surface area contributed by atoms with Crippen molar-refractivity contribution in [2.75, 3.05) is 26.4 Å². The second kappa shape index (κ2) is 7.18. The SMILES string of the molecule is Cc1csc(C2(NCCOC[C@@H]3CCCO3)CCCC2)n1. The Hall–Kier alpha value is -0.490. The van der Waals surface area contributed by atoms with Crippen LogP contribution >= 0.6 is 11.3 Å². The maximum Gasteiger partial charge on any atom is 0.113 e. The van der Waals surface area contributed by atoms with Crippen LogP contribution in [0.25, 0.3) is 0 Å². The summed E-state index contributed by atoms with van der Waals surface area (Å²) in [4.78, 5) is 4.72. The van der Waals surface area contributed by atoms with Crippen LogP contribution in [0.15, 0.2) is 5.38 Å². The number of ether oxygens (including phenoxy) is 2. The third kappa shape index (κ3) is 3.83. The summed E-state index contributed by atoms with van der Waals surface area (Å²) in [6.45, 7) is 5.37. The molecule has 0 amide bonds. The van der Waals surface area contributed by atoms with Crippen LogP contribution in [0.3, 0.4) is 0 Å². The van der Waals surface area contributed by atoms with Crippen molar-refractivity contribution in [3.05, 3.63) is 16.1 Å². The first kappa shape index (κ1) is 15.4. The quantitative estimate of drug-likeness (QED) is 0.786. The van der Waals surface area contributed by atoms with Gasteiger partial charge in [0.25, 0.3) is 0 Å². The maximum atomic E-state index is 5.76. The van der Waals surface area contributed by atoms with Crippen molar-refractivity contribution in [1.29, 1.82) is 0 Å². The van der Waals surface area contributed by atoms with Crippen molar-refractivity contribution in [2.24, 2.45) is 0 Å². The van der Waals surface area contributed by atoms with Gasteiger partial charge in [0.15, 0.2) is 0 Å². The molecule has 1 saturated carbocycles. The van der Waals surface area contributed by atoms with E-state index in [1.165, 1.54) is 37.1 Å². The molecule has 1 N–H and O–H groups in total. The monoisotopic (exact) mass is 310 g/mol. The van der Waals surface area contributed by atoms with E-state index in [0.717, 1.165) is 38.5 Å². The molecular formula is C16H26N2O2S. The van der Waals surface area contributed by atoms with Gasteiger partial charge in [0, 0.05) is 24.2 Å². The second-order valence-electron chi connectivity index (χ2n) is 6.22. The van der Waals surface area contributed by atoms with Gasteiger partial charge < -0.3 is 14.8 Å². The minimum atomic E-state index is 0.103. The molecule has 1 aromatic rings. The minimum Gasteiger partial charge on any atom is -0.377 e. The molecule has 1 aliphatic carbocycles. The Morgan fingerprint density at radius 2 is 2.29 bits per heavy atom. The van der Waals surface area contributed by atoms with Crippen LogP contribution in [0.5, 0.6) is 0 Å². The molecule has 1 saturated heterocycles. The molecule has 0 radical (unpaired) electrons. The second-order valence-corrected chi connectivity index (χ2v) is 7.08. The lowest BCUT2D eigenvalue weighted by Crippen LogP contribution is -2.41. The maximum absolute atomic E-state index is 5.76. The van der Waals surface area contributed by atoms with Crippen LogP contribution in [0.1, 0.15) is 49.2 Å². The normalized spacial score (nSPS) is 24.7. The lowest BCUT2D eigenvalue weighted by molar-refractivity contribution is 0.0167. The van der Waals surface area contributed by atoms with Crippen molar-refractivity contribution in [3.8, 4) is 0 Å². The van der Waals surface area contributed by atoms with Gasteiger partial charge in [-0.3, -0.25) is 0 Å². The Balaban J connectivity index is 1.45.